The molecule has 2 aliphatic rings. The van der Waals surface area contributed by atoms with E-state index in [0.717, 1.165) is 12.3 Å². The maximum atomic E-state index is 12.5. The first-order valence-corrected chi connectivity index (χ1v) is 8.23. The summed E-state index contributed by atoms with van der Waals surface area (Å²) in [6.07, 6.45) is -0.400. The molecule has 2 fully saturated rings. The number of ether oxygens (including phenoxy) is 2. The number of morpholine rings is 1. The Balaban J connectivity index is 1.54. The second kappa shape index (κ2) is 7.63. The molecule has 1 atom stereocenters. The number of carbonyl (C=O) groups is 2. The van der Waals surface area contributed by atoms with Gasteiger partial charge in [0.15, 0.2) is 0 Å². The van der Waals surface area contributed by atoms with Gasteiger partial charge in [0.05, 0.1) is 13.7 Å². The van der Waals surface area contributed by atoms with Crippen LogP contribution in [0.2, 0.25) is 0 Å². The monoisotopic (exact) mass is 333 g/mol. The van der Waals surface area contributed by atoms with Crippen LogP contribution in [0.25, 0.3) is 0 Å². The average Bonchev–Trinajstić information content (AvgIpc) is 2.68. The Morgan fingerprint density at radius 2 is 1.79 bits per heavy atom. The number of rotatable bonds is 3. The molecule has 7 nitrogen and oxygen atoms in total. The lowest BCUT2D eigenvalue weighted by molar-refractivity contribution is -0.146. The topological polar surface area (TPSA) is 71.1 Å². The molecule has 0 bridgehead atoms. The maximum Gasteiger partial charge on any atom is 0.253 e. The van der Waals surface area contributed by atoms with Crippen molar-refractivity contribution in [2.24, 2.45) is 0 Å². The predicted molar refractivity (Wildman–Crippen MR) is 88.1 cm³/mol. The fourth-order valence-electron chi connectivity index (χ4n) is 2.97. The number of benzene rings is 1. The minimum absolute atomic E-state index is 0.0127. The molecule has 1 aromatic rings. The van der Waals surface area contributed by atoms with Crippen LogP contribution in [0, 0.1) is 0 Å². The van der Waals surface area contributed by atoms with Gasteiger partial charge in [-0.15, -0.1) is 0 Å². The van der Waals surface area contributed by atoms with Gasteiger partial charge in [0.2, 0.25) is 0 Å². The maximum absolute atomic E-state index is 12.5. The number of nitrogens with one attached hydrogen (secondary N) is 1. The molecule has 0 aromatic heterocycles. The van der Waals surface area contributed by atoms with Gasteiger partial charge in [-0.25, -0.2) is 0 Å². The van der Waals surface area contributed by atoms with E-state index in [0.29, 0.717) is 44.9 Å². The zero-order valence-corrected chi connectivity index (χ0v) is 13.9. The normalized spacial score (nSPS) is 21.5. The van der Waals surface area contributed by atoms with Gasteiger partial charge in [-0.05, 0) is 24.3 Å². The molecule has 2 heterocycles. The van der Waals surface area contributed by atoms with Crippen molar-refractivity contribution in [3.05, 3.63) is 29.8 Å². The fourth-order valence-corrected chi connectivity index (χ4v) is 2.97. The smallest absolute Gasteiger partial charge is 0.253 e. The minimum atomic E-state index is -0.400. The van der Waals surface area contributed by atoms with Gasteiger partial charge < -0.3 is 24.6 Å². The lowest BCUT2D eigenvalue weighted by Crippen LogP contribution is -2.56. The first-order chi connectivity index (χ1) is 11.7. The average molecular weight is 333 g/mol. The summed E-state index contributed by atoms with van der Waals surface area (Å²) < 4.78 is 10.6. The number of piperazine rings is 1. The Hall–Kier alpha value is -2.12. The van der Waals surface area contributed by atoms with Crippen LogP contribution in [-0.4, -0.2) is 80.7 Å². The van der Waals surface area contributed by atoms with E-state index in [1.165, 1.54) is 0 Å². The molecule has 3 rings (SSSR count). The molecule has 2 aliphatic heterocycles. The standard InChI is InChI=1S/C17H23N3O4/c1-23-14-4-2-13(3-5-14)16(21)19-7-9-20(10-8-19)17(22)15-12-18-6-11-24-15/h2-5,15,18H,6-12H2,1H3. The highest BCUT2D eigenvalue weighted by atomic mass is 16.5. The van der Waals surface area contributed by atoms with E-state index >= 15 is 0 Å². The van der Waals surface area contributed by atoms with Gasteiger partial charge in [-0.3, -0.25) is 9.59 Å². The van der Waals surface area contributed by atoms with Crippen LogP contribution < -0.4 is 10.1 Å². The molecule has 1 aromatic carbocycles. The van der Waals surface area contributed by atoms with Gasteiger partial charge in [-0.2, -0.15) is 0 Å². The molecule has 0 aliphatic carbocycles. The number of hydrogen-bond donors (Lipinski definition) is 1. The van der Waals surface area contributed by atoms with Gasteiger partial charge in [0.1, 0.15) is 11.9 Å². The van der Waals surface area contributed by atoms with Gasteiger partial charge in [-0.1, -0.05) is 0 Å². The van der Waals surface area contributed by atoms with E-state index in [1.807, 2.05) is 0 Å². The van der Waals surface area contributed by atoms with Crippen LogP contribution in [-0.2, 0) is 9.53 Å². The molecule has 130 valence electrons. The minimum Gasteiger partial charge on any atom is -0.497 e. The third-order valence-electron chi connectivity index (χ3n) is 4.42. The van der Waals surface area contributed by atoms with Crippen LogP contribution >= 0.6 is 0 Å². The quantitative estimate of drug-likeness (QED) is 0.841. The summed E-state index contributed by atoms with van der Waals surface area (Å²) in [4.78, 5) is 28.5. The molecule has 7 heteroatoms. The summed E-state index contributed by atoms with van der Waals surface area (Å²) in [6, 6.07) is 7.08. The molecule has 1 N–H and O–H groups in total. The van der Waals surface area contributed by atoms with E-state index in [-0.39, 0.29) is 11.8 Å². The second-order valence-electron chi connectivity index (χ2n) is 5.91. The van der Waals surface area contributed by atoms with Crippen molar-refractivity contribution in [2.75, 3.05) is 53.0 Å². The first-order valence-electron chi connectivity index (χ1n) is 8.23. The molecular formula is C17H23N3O4. The lowest BCUT2D eigenvalue weighted by atomic mass is 10.1. The lowest BCUT2D eigenvalue weighted by Gasteiger charge is -2.37. The number of nitrogens with zero attached hydrogens (tertiary/aromatic N) is 2. The zero-order chi connectivity index (χ0) is 16.9. The van der Waals surface area contributed by atoms with Gasteiger partial charge >= 0.3 is 0 Å². The number of hydrogen-bond acceptors (Lipinski definition) is 5. The van der Waals surface area contributed by atoms with Gasteiger partial charge in [0, 0.05) is 44.8 Å². The summed E-state index contributed by atoms with van der Waals surface area (Å²) in [7, 11) is 1.60. The Labute approximate surface area is 141 Å². The zero-order valence-electron chi connectivity index (χ0n) is 13.9. The highest BCUT2D eigenvalue weighted by Crippen LogP contribution is 2.15. The number of methoxy groups -OCH3 is 1. The molecule has 2 saturated heterocycles. The Bertz CT molecular complexity index is 576. The summed E-state index contributed by atoms with van der Waals surface area (Å²) >= 11 is 0. The highest BCUT2D eigenvalue weighted by molar-refractivity contribution is 5.94. The Kier molecular flexibility index (Phi) is 5.32. The van der Waals surface area contributed by atoms with E-state index < -0.39 is 6.10 Å². The molecule has 1 unspecified atom stereocenters. The molecule has 0 radical (unpaired) electrons. The van der Waals surface area contributed by atoms with Crippen molar-refractivity contribution in [2.45, 2.75) is 6.10 Å². The van der Waals surface area contributed by atoms with Crippen LogP contribution in [0.15, 0.2) is 24.3 Å². The van der Waals surface area contributed by atoms with Crippen LogP contribution in [0.4, 0.5) is 0 Å². The van der Waals surface area contributed by atoms with Crippen molar-refractivity contribution in [3.63, 3.8) is 0 Å². The second-order valence-corrected chi connectivity index (χ2v) is 5.91. The van der Waals surface area contributed by atoms with Crippen LogP contribution in [0.1, 0.15) is 10.4 Å². The summed E-state index contributed by atoms with van der Waals surface area (Å²) in [5, 5.41) is 3.17. The van der Waals surface area contributed by atoms with Crippen molar-refractivity contribution in [1.29, 1.82) is 0 Å². The summed E-state index contributed by atoms with van der Waals surface area (Å²) in [5.41, 5.74) is 0.635. The molecular weight excluding hydrogens is 310 g/mol. The van der Waals surface area contributed by atoms with E-state index in [9.17, 15) is 9.59 Å². The molecule has 24 heavy (non-hydrogen) atoms. The largest absolute Gasteiger partial charge is 0.497 e. The molecule has 0 spiro atoms. The van der Waals surface area contributed by atoms with Crippen LogP contribution in [0.3, 0.4) is 0 Å². The Morgan fingerprint density at radius 3 is 2.38 bits per heavy atom. The summed E-state index contributed by atoms with van der Waals surface area (Å²) in [5.74, 6) is 0.724. The molecule has 0 saturated carbocycles. The van der Waals surface area contributed by atoms with Crippen molar-refractivity contribution in [1.82, 2.24) is 15.1 Å². The van der Waals surface area contributed by atoms with Crippen molar-refractivity contribution in [3.8, 4) is 5.75 Å². The van der Waals surface area contributed by atoms with E-state index in [2.05, 4.69) is 5.32 Å². The number of carbonyl (C=O) groups excluding carboxylic acids is 2. The number of amides is 2. The van der Waals surface area contributed by atoms with Crippen molar-refractivity contribution >= 4 is 11.8 Å². The first kappa shape index (κ1) is 16.7. The predicted octanol–water partition coefficient (Wildman–Crippen LogP) is -0.0320. The fraction of sp³-hybridized carbons (Fsp3) is 0.529. The van der Waals surface area contributed by atoms with E-state index in [4.69, 9.17) is 9.47 Å². The van der Waals surface area contributed by atoms with Crippen LogP contribution in [0.5, 0.6) is 5.75 Å². The van der Waals surface area contributed by atoms with Crippen molar-refractivity contribution < 1.29 is 19.1 Å². The van der Waals surface area contributed by atoms with Gasteiger partial charge in [0.25, 0.3) is 11.8 Å². The van der Waals surface area contributed by atoms with E-state index in [1.54, 1.807) is 41.2 Å². The summed E-state index contributed by atoms with van der Waals surface area (Å²) in [6.45, 7) is 4.07. The Morgan fingerprint density at radius 1 is 1.12 bits per heavy atom. The molecule has 2 amide bonds. The SMILES string of the molecule is COc1ccc(C(=O)N2CCN(C(=O)C3CNCCO3)CC2)cc1. The highest BCUT2D eigenvalue weighted by Gasteiger charge is 2.30. The third-order valence-corrected chi connectivity index (χ3v) is 4.42. The third kappa shape index (κ3) is 3.68.